The first-order valence-electron chi connectivity index (χ1n) is 3.82. The van der Waals surface area contributed by atoms with Crippen LogP contribution in [0.5, 0.6) is 0 Å². The smallest absolute Gasteiger partial charge is 0.300 e. The van der Waals surface area contributed by atoms with Crippen molar-refractivity contribution in [3.05, 3.63) is 46.8 Å². The van der Waals surface area contributed by atoms with E-state index in [0.717, 1.165) is 0 Å². The third kappa shape index (κ3) is 1.30. The number of nitro groups is 1. The molecule has 0 atom stereocenters. The second-order valence-corrected chi connectivity index (χ2v) is 2.51. The van der Waals surface area contributed by atoms with Gasteiger partial charge in [0, 0.05) is 0 Å². The van der Waals surface area contributed by atoms with Crippen molar-refractivity contribution in [2.24, 2.45) is 0 Å². The minimum atomic E-state index is -0.653. The van der Waals surface area contributed by atoms with Crippen LogP contribution in [0.15, 0.2) is 36.7 Å². The Bertz CT molecular complexity index is 452. The van der Waals surface area contributed by atoms with E-state index in [-0.39, 0.29) is 0 Å². The molecular formula is C7H6N5O2+. The Hall–Kier alpha value is -2.31. The molecule has 7 heteroatoms. The summed E-state index contributed by atoms with van der Waals surface area (Å²) in [5.41, 5.74) is 0.634. The summed E-state index contributed by atoms with van der Waals surface area (Å²) < 4.78 is 1.24. The van der Waals surface area contributed by atoms with E-state index in [1.807, 2.05) is 6.07 Å². The van der Waals surface area contributed by atoms with Gasteiger partial charge in [0.1, 0.15) is 0 Å². The Morgan fingerprint density at radius 3 is 2.71 bits per heavy atom. The summed E-state index contributed by atoms with van der Waals surface area (Å²) in [5.74, 6) is 0. The summed E-state index contributed by atoms with van der Waals surface area (Å²) in [6.45, 7) is 0. The van der Waals surface area contributed by atoms with Gasteiger partial charge in [-0.3, -0.25) is 10.1 Å². The second-order valence-electron chi connectivity index (χ2n) is 2.51. The predicted octanol–water partition coefficient (Wildman–Crippen LogP) is -0.405. The first-order valence-corrected chi connectivity index (χ1v) is 3.82. The maximum Gasteiger partial charge on any atom is 0.305 e. The van der Waals surface area contributed by atoms with E-state index in [0.29, 0.717) is 10.6 Å². The number of rotatable bonds is 2. The molecule has 0 unspecified atom stereocenters. The Morgan fingerprint density at radius 1 is 1.36 bits per heavy atom. The van der Waals surface area contributed by atoms with Gasteiger partial charge < -0.3 is 0 Å². The molecule has 2 rings (SSSR count). The van der Waals surface area contributed by atoms with E-state index in [1.165, 1.54) is 11.0 Å². The number of para-hydroxylation sites is 1. The van der Waals surface area contributed by atoms with Crippen LogP contribution < -0.4 is 4.68 Å². The van der Waals surface area contributed by atoms with E-state index in [4.69, 9.17) is 0 Å². The van der Waals surface area contributed by atoms with Crippen LogP contribution in [0, 0.1) is 10.1 Å². The standard InChI is InChI=1S/C7H6N5O2/c13-12(14)11-9-8-6-10(11)7-4-2-1-3-5-7/h1-6H/q+1. The van der Waals surface area contributed by atoms with E-state index in [9.17, 15) is 10.1 Å². The van der Waals surface area contributed by atoms with Crippen molar-refractivity contribution in [3.8, 4) is 5.69 Å². The van der Waals surface area contributed by atoms with Crippen LogP contribution >= 0.6 is 0 Å². The third-order valence-corrected chi connectivity index (χ3v) is 1.65. The van der Waals surface area contributed by atoms with Crippen LogP contribution in [-0.4, -0.2) is 20.2 Å². The normalized spacial score (nSPS) is 10.0. The Morgan fingerprint density at radius 2 is 2.07 bits per heavy atom. The lowest BCUT2D eigenvalue weighted by molar-refractivity contribution is -0.838. The molecule has 0 aliphatic heterocycles. The van der Waals surface area contributed by atoms with Gasteiger partial charge in [-0.05, 0) is 16.8 Å². The van der Waals surface area contributed by atoms with Crippen molar-refractivity contribution in [3.63, 3.8) is 0 Å². The van der Waals surface area contributed by atoms with Gasteiger partial charge in [-0.15, -0.1) is 0 Å². The molecule has 1 aromatic carbocycles. The topological polar surface area (TPSA) is 77.7 Å². The zero-order valence-electron chi connectivity index (χ0n) is 7.02. The third-order valence-electron chi connectivity index (χ3n) is 1.65. The van der Waals surface area contributed by atoms with Crippen LogP contribution in [0.1, 0.15) is 0 Å². The average Bonchev–Trinajstić information content (AvgIpc) is 2.67. The molecule has 7 nitrogen and oxygen atoms in total. The lowest BCUT2D eigenvalue weighted by atomic mass is 10.3. The summed E-state index contributed by atoms with van der Waals surface area (Å²) in [5, 5.41) is 16.6. The fourth-order valence-corrected chi connectivity index (χ4v) is 1.07. The lowest BCUT2D eigenvalue weighted by Gasteiger charge is -1.90. The SMILES string of the molecule is O=[N+]([O-])n1nnc[n+]1-c1ccccc1. The number of tetrazole rings is 1. The van der Waals surface area contributed by atoms with Gasteiger partial charge in [0.2, 0.25) is 0 Å². The molecule has 1 aromatic heterocycles. The second kappa shape index (κ2) is 3.21. The lowest BCUT2D eigenvalue weighted by Crippen LogP contribution is -2.44. The van der Waals surface area contributed by atoms with E-state index < -0.39 is 5.03 Å². The van der Waals surface area contributed by atoms with Crippen LogP contribution in [0.2, 0.25) is 0 Å². The summed E-state index contributed by atoms with van der Waals surface area (Å²) in [6, 6.07) is 8.83. The molecule has 0 N–H and O–H groups in total. The molecule has 0 radical (unpaired) electrons. The van der Waals surface area contributed by atoms with E-state index in [1.54, 1.807) is 24.3 Å². The number of hydrogen-bond acceptors (Lipinski definition) is 4. The first kappa shape index (κ1) is 8.30. The highest BCUT2D eigenvalue weighted by Gasteiger charge is 2.22. The molecule has 1 heterocycles. The highest BCUT2D eigenvalue weighted by Crippen LogP contribution is 1.95. The van der Waals surface area contributed by atoms with Gasteiger partial charge in [0.05, 0.1) is 5.10 Å². The van der Waals surface area contributed by atoms with Gasteiger partial charge in [-0.2, -0.15) is 0 Å². The first-order chi connectivity index (χ1) is 6.79. The monoisotopic (exact) mass is 192 g/mol. The molecule has 14 heavy (non-hydrogen) atoms. The molecule has 0 saturated heterocycles. The van der Waals surface area contributed by atoms with Crippen molar-refractivity contribution >= 4 is 0 Å². The molecule has 2 aromatic rings. The van der Waals surface area contributed by atoms with Crippen molar-refractivity contribution in [2.75, 3.05) is 0 Å². The fourth-order valence-electron chi connectivity index (χ4n) is 1.07. The number of nitrogens with zero attached hydrogens (tertiary/aromatic N) is 5. The van der Waals surface area contributed by atoms with Crippen LogP contribution in [0.3, 0.4) is 0 Å². The Balaban J connectivity index is 2.52. The molecule has 0 spiro atoms. The fraction of sp³-hybridized carbons (Fsp3) is 0. The molecule has 70 valence electrons. The molecule has 0 aliphatic carbocycles. The van der Waals surface area contributed by atoms with Crippen molar-refractivity contribution < 1.29 is 9.71 Å². The molecule has 0 saturated carbocycles. The molecule has 0 amide bonds. The number of aromatic nitrogens is 4. The number of hydrogen-bond donors (Lipinski definition) is 0. The number of benzene rings is 1. The average molecular weight is 192 g/mol. The summed E-state index contributed by atoms with van der Waals surface area (Å²) >= 11 is 0. The van der Waals surface area contributed by atoms with Crippen molar-refractivity contribution in [2.45, 2.75) is 0 Å². The Labute approximate surface area is 78.3 Å². The minimum absolute atomic E-state index is 0.565. The van der Waals surface area contributed by atoms with Crippen molar-refractivity contribution in [1.29, 1.82) is 0 Å². The quantitative estimate of drug-likeness (QED) is 0.368. The summed E-state index contributed by atoms with van der Waals surface area (Å²) in [6.07, 6.45) is 1.28. The molecule has 0 aliphatic rings. The minimum Gasteiger partial charge on any atom is -0.300 e. The van der Waals surface area contributed by atoms with Gasteiger partial charge in [-0.1, -0.05) is 18.2 Å². The Kier molecular flexibility index (Phi) is 1.90. The van der Waals surface area contributed by atoms with Crippen molar-refractivity contribution in [1.82, 2.24) is 15.2 Å². The molecular weight excluding hydrogens is 186 g/mol. The zero-order chi connectivity index (χ0) is 9.97. The summed E-state index contributed by atoms with van der Waals surface area (Å²) in [7, 11) is 0. The zero-order valence-corrected chi connectivity index (χ0v) is 7.02. The molecule has 0 bridgehead atoms. The highest BCUT2D eigenvalue weighted by molar-refractivity contribution is 5.20. The van der Waals surface area contributed by atoms with Gasteiger partial charge >= 0.3 is 5.21 Å². The summed E-state index contributed by atoms with van der Waals surface area (Å²) in [4.78, 5) is 11.1. The van der Waals surface area contributed by atoms with E-state index >= 15 is 0 Å². The van der Waals surface area contributed by atoms with Crippen LogP contribution in [0.25, 0.3) is 5.69 Å². The highest BCUT2D eigenvalue weighted by atomic mass is 16.7. The van der Waals surface area contributed by atoms with Crippen LogP contribution in [-0.2, 0) is 0 Å². The maximum absolute atomic E-state index is 10.5. The van der Waals surface area contributed by atoms with E-state index in [2.05, 4.69) is 10.3 Å². The largest absolute Gasteiger partial charge is 0.305 e. The maximum atomic E-state index is 10.5. The molecule has 0 fully saturated rings. The predicted molar refractivity (Wildman–Crippen MR) is 43.9 cm³/mol. The van der Waals surface area contributed by atoms with Gasteiger partial charge in [-0.25, -0.2) is 0 Å². The van der Waals surface area contributed by atoms with Gasteiger partial charge in [0.15, 0.2) is 10.7 Å². The van der Waals surface area contributed by atoms with Gasteiger partial charge in [0.25, 0.3) is 11.2 Å². The van der Waals surface area contributed by atoms with Crippen LogP contribution in [0.4, 0.5) is 0 Å².